The van der Waals surface area contributed by atoms with E-state index in [9.17, 15) is 0 Å². The van der Waals surface area contributed by atoms with Crippen molar-refractivity contribution in [3.05, 3.63) is 12.2 Å². The van der Waals surface area contributed by atoms with Crippen LogP contribution in [0, 0.1) is 0 Å². The summed E-state index contributed by atoms with van der Waals surface area (Å²) < 4.78 is 0. The van der Waals surface area contributed by atoms with Gasteiger partial charge in [-0.25, -0.2) is 0 Å². The Hall–Kier alpha value is -0.340. The zero-order valence-electron chi connectivity index (χ0n) is 6.59. The summed E-state index contributed by atoms with van der Waals surface area (Å²) in [5, 5.41) is 0. The molecule has 0 saturated carbocycles. The first-order chi connectivity index (χ1) is 4.79. The lowest BCUT2D eigenvalue weighted by atomic mass is 10.2. The minimum Gasteiger partial charge on any atom is -0.327 e. The van der Waals surface area contributed by atoms with Crippen molar-refractivity contribution in [1.29, 1.82) is 0 Å². The van der Waals surface area contributed by atoms with Crippen molar-refractivity contribution < 1.29 is 0 Å². The van der Waals surface area contributed by atoms with Crippen LogP contribution in [0.4, 0.5) is 0 Å². The number of nitrogens with two attached hydrogens (primary N) is 1. The van der Waals surface area contributed by atoms with Crippen LogP contribution >= 0.6 is 0 Å². The van der Waals surface area contributed by atoms with Gasteiger partial charge < -0.3 is 5.73 Å². The van der Waals surface area contributed by atoms with Crippen LogP contribution in [0.5, 0.6) is 0 Å². The van der Waals surface area contributed by atoms with Crippen LogP contribution in [0.2, 0.25) is 0 Å². The summed E-state index contributed by atoms with van der Waals surface area (Å²) in [6.45, 7) is 5.35. The number of hydrogen-bond acceptors (Lipinski definition) is 2. The van der Waals surface area contributed by atoms with E-state index in [0.717, 1.165) is 13.1 Å². The van der Waals surface area contributed by atoms with E-state index in [0.29, 0.717) is 6.04 Å². The van der Waals surface area contributed by atoms with Crippen LogP contribution in [0.15, 0.2) is 12.2 Å². The van der Waals surface area contributed by atoms with Gasteiger partial charge in [0.1, 0.15) is 0 Å². The molecule has 0 aromatic heterocycles. The zero-order chi connectivity index (χ0) is 7.40. The largest absolute Gasteiger partial charge is 0.327 e. The van der Waals surface area contributed by atoms with Crippen molar-refractivity contribution in [1.82, 2.24) is 4.90 Å². The van der Waals surface area contributed by atoms with Gasteiger partial charge in [-0.15, -0.1) is 0 Å². The fourth-order valence-electron chi connectivity index (χ4n) is 1.26. The average molecular weight is 140 g/mol. The van der Waals surface area contributed by atoms with Crippen LogP contribution < -0.4 is 5.73 Å². The van der Waals surface area contributed by atoms with Crippen molar-refractivity contribution in [3.8, 4) is 0 Å². The first-order valence-electron chi connectivity index (χ1n) is 3.92. The Morgan fingerprint density at radius 3 is 2.90 bits per heavy atom. The highest BCUT2D eigenvalue weighted by Crippen LogP contribution is 2.00. The Balaban J connectivity index is 2.22. The Morgan fingerprint density at radius 2 is 2.40 bits per heavy atom. The van der Waals surface area contributed by atoms with Gasteiger partial charge in [-0.1, -0.05) is 12.2 Å². The van der Waals surface area contributed by atoms with E-state index in [1.165, 1.54) is 13.0 Å². The Labute approximate surface area is 62.7 Å². The number of hydrogen-bond donors (Lipinski definition) is 1. The van der Waals surface area contributed by atoms with Crippen molar-refractivity contribution in [3.63, 3.8) is 0 Å². The third-order valence-electron chi connectivity index (χ3n) is 1.69. The molecule has 0 aromatic carbocycles. The molecule has 1 aliphatic rings. The Morgan fingerprint density at radius 1 is 1.60 bits per heavy atom. The predicted molar refractivity (Wildman–Crippen MR) is 43.8 cm³/mol. The molecule has 1 atom stereocenters. The molecule has 1 aliphatic heterocycles. The first kappa shape index (κ1) is 7.76. The lowest BCUT2D eigenvalue weighted by Crippen LogP contribution is -2.37. The third-order valence-corrected chi connectivity index (χ3v) is 1.69. The zero-order valence-corrected chi connectivity index (χ0v) is 6.59. The van der Waals surface area contributed by atoms with Gasteiger partial charge in [0.15, 0.2) is 0 Å². The molecule has 2 N–H and O–H groups in total. The fourth-order valence-corrected chi connectivity index (χ4v) is 1.26. The molecule has 10 heavy (non-hydrogen) atoms. The van der Waals surface area contributed by atoms with Gasteiger partial charge in [0.2, 0.25) is 0 Å². The predicted octanol–water partition coefficient (Wildman–Crippen LogP) is 0.595. The maximum absolute atomic E-state index is 5.66. The molecule has 0 amide bonds. The number of rotatable bonds is 2. The molecule has 0 bridgehead atoms. The Bertz CT molecular complexity index is 118. The quantitative estimate of drug-likeness (QED) is 0.569. The molecular weight excluding hydrogens is 124 g/mol. The summed E-state index contributed by atoms with van der Waals surface area (Å²) >= 11 is 0. The molecule has 2 nitrogen and oxygen atoms in total. The van der Waals surface area contributed by atoms with E-state index < -0.39 is 0 Å². The molecule has 0 aliphatic carbocycles. The molecular formula is C8H16N2. The van der Waals surface area contributed by atoms with Crippen molar-refractivity contribution in [2.45, 2.75) is 19.4 Å². The standard InChI is InChI=1S/C8H16N2/c1-8(9)7-10-5-3-2-4-6-10/h2-3,8H,4-7,9H2,1H3. The Kier molecular flexibility index (Phi) is 2.90. The topological polar surface area (TPSA) is 29.3 Å². The maximum Gasteiger partial charge on any atom is 0.0164 e. The summed E-state index contributed by atoms with van der Waals surface area (Å²) in [6.07, 6.45) is 5.64. The molecule has 0 saturated heterocycles. The second-order valence-corrected chi connectivity index (χ2v) is 3.00. The van der Waals surface area contributed by atoms with Crippen molar-refractivity contribution >= 4 is 0 Å². The first-order valence-corrected chi connectivity index (χ1v) is 3.92. The molecule has 0 aromatic rings. The molecule has 0 radical (unpaired) electrons. The summed E-state index contributed by atoms with van der Waals surface area (Å²) in [5.41, 5.74) is 5.66. The lowest BCUT2D eigenvalue weighted by molar-refractivity contribution is 0.284. The van der Waals surface area contributed by atoms with E-state index in [-0.39, 0.29) is 0 Å². The summed E-state index contributed by atoms with van der Waals surface area (Å²) in [4.78, 5) is 2.38. The molecule has 0 fully saturated rings. The van der Waals surface area contributed by atoms with Gasteiger partial charge in [0.05, 0.1) is 0 Å². The van der Waals surface area contributed by atoms with Crippen LogP contribution in [0.3, 0.4) is 0 Å². The molecule has 2 heteroatoms. The maximum atomic E-state index is 5.66. The van der Waals surface area contributed by atoms with Crippen LogP contribution in [0.25, 0.3) is 0 Å². The van der Waals surface area contributed by atoms with E-state index >= 15 is 0 Å². The SMILES string of the molecule is CC(N)CN1CC=CCC1. The van der Waals surface area contributed by atoms with Gasteiger partial charge >= 0.3 is 0 Å². The lowest BCUT2D eigenvalue weighted by Gasteiger charge is -2.24. The summed E-state index contributed by atoms with van der Waals surface area (Å²) in [6, 6.07) is 0.312. The molecule has 1 rings (SSSR count). The monoisotopic (exact) mass is 140 g/mol. The third kappa shape index (κ3) is 2.50. The van der Waals surface area contributed by atoms with Crippen LogP contribution in [-0.4, -0.2) is 30.6 Å². The van der Waals surface area contributed by atoms with E-state index in [4.69, 9.17) is 5.73 Å². The van der Waals surface area contributed by atoms with Gasteiger partial charge in [-0.3, -0.25) is 4.90 Å². The normalized spacial score (nSPS) is 23.0. The van der Waals surface area contributed by atoms with Crippen LogP contribution in [-0.2, 0) is 0 Å². The molecule has 0 spiro atoms. The highest BCUT2D eigenvalue weighted by Gasteiger charge is 2.06. The van der Waals surface area contributed by atoms with Gasteiger partial charge in [0.25, 0.3) is 0 Å². The molecule has 1 heterocycles. The number of nitrogens with zero attached hydrogens (tertiary/aromatic N) is 1. The highest BCUT2D eigenvalue weighted by atomic mass is 15.1. The van der Waals surface area contributed by atoms with E-state index in [1.807, 2.05) is 0 Å². The summed E-state index contributed by atoms with van der Waals surface area (Å²) in [5.74, 6) is 0. The second kappa shape index (κ2) is 3.74. The van der Waals surface area contributed by atoms with Gasteiger partial charge in [-0.2, -0.15) is 0 Å². The highest BCUT2D eigenvalue weighted by molar-refractivity contribution is 4.91. The van der Waals surface area contributed by atoms with Crippen molar-refractivity contribution in [2.24, 2.45) is 5.73 Å². The smallest absolute Gasteiger partial charge is 0.0164 e. The van der Waals surface area contributed by atoms with Crippen molar-refractivity contribution in [2.75, 3.05) is 19.6 Å². The second-order valence-electron chi connectivity index (χ2n) is 3.00. The average Bonchev–Trinajstić information content (AvgIpc) is 1.88. The molecule has 1 unspecified atom stereocenters. The van der Waals surface area contributed by atoms with E-state index in [2.05, 4.69) is 24.0 Å². The molecule has 58 valence electrons. The minimum atomic E-state index is 0.312. The van der Waals surface area contributed by atoms with E-state index in [1.54, 1.807) is 0 Å². The fraction of sp³-hybridized carbons (Fsp3) is 0.750. The van der Waals surface area contributed by atoms with Gasteiger partial charge in [0, 0.05) is 25.7 Å². The summed E-state index contributed by atoms with van der Waals surface area (Å²) in [7, 11) is 0. The van der Waals surface area contributed by atoms with Crippen LogP contribution in [0.1, 0.15) is 13.3 Å². The minimum absolute atomic E-state index is 0.312. The van der Waals surface area contributed by atoms with Gasteiger partial charge in [-0.05, 0) is 13.3 Å².